The average molecular weight is 343 g/mol. The number of nitrogens with one attached hydrogen (secondary N) is 1. The minimum Gasteiger partial charge on any atom is -0.378 e. The number of hydrogen-bond acceptors (Lipinski definition) is 5. The summed E-state index contributed by atoms with van der Waals surface area (Å²) in [6.07, 6.45) is 5.76. The van der Waals surface area contributed by atoms with Gasteiger partial charge in [-0.05, 0) is 53.8 Å². The van der Waals surface area contributed by atoms with Crippen LogP contribution in [0.1, 0.15) is 24.8 Å². The van der Waals surface area contributed by atoms with Crippen molar-refractivity contribution in [2.24, 2.45) is 5.41 Å². The molecule has 2 fully saturated rings. The third kappa shape index (κ3) is 3.48. The van der Waals surface area contributed by atoms with Crippen LogP contribution in [0.4, 0.5) is 5.82 Å². The smallest absolute Gasteiger partial charge is 0.125 e. The van der Waals surface area contributed by atoms with Gasteiger partial charge in [-0.25, -0.2) is 4.98 Å². The van der Waals surface area contributed by atoms with E-state index in [4.69, 9.17) is 4.74 Å². The average Bonchev–Trinajstić information content (AvgIpc) is 3.25. The summed E-state index contributed by atoms with van der Waals surface area (Å²) in [6.45, 7) is 5.25. The lowest BCUT2D eigenvalue weighted by Gasteiger charge is -2.44. The first-order chi connectivity index (χ1) is 11.8. The molecule has 24 heavy (non-hydrogen) atoms. The molecule has 2 aromatic rings. The Balaban J connectivity index is 1.38. The van der Waals surface area contributed by atoms with E-state index in [9.17, 15) is 0 Å². The SMILES string of the molecule is c1ccc(NCC[C@@]23CCO[C@@H]2CCN(Cc2ccsc2)C3)nc1. The van der Waals surface area contributed by atoms with E-state index in [0.717, 1.165) is 51.4 Å². The van der Waals surface area contributed by atoms with Crippen LogP contribution < -0.4 is 5.32 Å². The molecule has 0 aliphatic carbocycles. The molecule has 2 saturated heterocycles. The summed E-state index contributed by atoms with van der Waals surface area (Å²) < 4.78 is 6.08. The van der Waals surface area contributed by atoms with Gasteiger partial charge in [0, 0.05) is 44.4 Å². The molecule has 4 nitrogen and oxygen atoms in total. The molecule has 0 amide bonds. The van der Waals surface area contributed by atoms with Gasteiger partial charge in [0.25, 0.3) is 0 Å². The number of fused-ring (bicyclic) bond motifs is 1. The quantitative estimate of drug-likeness (QED) is 0.869. The fourth-order valence-corrected chi connectivity index (χ4v) is 4.84. The molecule has 5 heteroatoms. The molecule has 4 heterocycles. The molecular formula is C19H25N3OS. The first kappa shape index (κ1) is 16.1. The number of anilines is 1. The Morgan fingerprint density at radius 3 is 3.21 bits per heavy atom. The second kappa shape index (κ2) is 7.21. The lowest BCUT2D eigenvalue weighted by Crippen LogP contribution is -2.49. The van der Waals surface area contributed by atoms with Crippen LogP contribution in [0, 0.1) is 5.41 Å². The highest BCUT2D eigenvalue weighted by atomic mass is 32.1. The number of pyridine rings is 1. The van der Waals surface area contributed by atoms with Gasteiger partial charge in [0.15, 0.2) is 0 Å². The Kier molecular flexibility index (Phi) is 4.83. The van der Waals surface area contributed by atoms with Crippen molar-refractivity contribution < 1.29 is 4.74 Å². The van der Waals surface area contributed by atoms with Crippen molar-refractivity contribution in [2.75, 3.05) is 31.6 Å². The van der Waals surface area contributed by atoms with E-state index in [-0.39, 0.29) is 0 Å². The number of rotatable bonds is 6. The van der Waals surface area contributed by atoms with Gasteiger partial charge in [0.05, 0.1) is 6.10 Å². The van der Waals surface area contributed by atoms with Gasteiger partial charge >= 0.3 is 0 Å². The third-order valence-corrected chi connectivity index (χ3v) is 6.16. The Morgan fingerprint density at radius 2 is 2.38 bits per heavy atom. The minimum absolute atomic E-state index is 0.302. The van der Waals surface area contributed by atoms with Crippen LogP contribution in [0.25, 0.3) is 0 Å². The highest BCUT2D eigenvalue weighted by molar-refractivity contribution is 7.07. The minimum atomic E-state index is 0.302. The van der Waals surface area contributed by atoms with Crippen LogP contribution >= 0.6 is 11.3 Å². The zero-order valence-corrected chi connectivity index (χ0v) is 14.8. The molecule has 2 aliphatic rings. The molecule has 0 radical (unpaired) electrons. The van der Waals surface area contributed by atoms with Crippen LogP contribution in [-0.4, -0.2) is 42.2 Å². The predicted molar refractivity (Wildman–Crippen MR) is 98.3 cm³/mol. The van der Waals surface area contributed by atoms with Crippen molar-refractivity contribution in [1.29, 1.82) is 0 Å². The summed E-state index contributed by atoms with van der Waals surface area (Å²) in [5.74, 6) is 0.968. The van der Waals surface area contributed by atoms with E-state index in [0.29, 0.717) is 11.5 Å². The number of ether oxygens (including phenoxy) is 1. The number of hydrogen-bond donors (Lipinski definition) is 1. The lowest BCUT2D eigenvalue weighted by molar-refractivity contribution is -0.0228. The van der Waals surface area contributed by atoms with Crippen molar-refractivity contribution in [1.82, 2.24) is 9.88 Å². The van der Waals surface area contributed by atoms with Crippen molar-refractivity contribution in [3.05, 3.63) is 46.8 Å². The largest absolute Gasteiger partial charge is 0.378 e. The fraction of sp³-hybridized carbons (Fsp3) is 0.526. The fourth-order valence-electron chi connectivity index (χ4n) is 4.18. The molecular weight excluding hydrogens is 318 g/mol. The number of piperidine rings is 1. The van der Waals surface area contributed by atoms with Crippen molar-refractivity contribution in [3.8, 4) is 0 Å². The second-order valence-corrected chi connectivity index (χ2v) is 7.77. The zero-order chi connectivity index (χ0) is 16.2. The van der Waals surface area contributed by atoms with Gasteiger partial charge in [0.2, 0.25) is 0 Å². The summed E-state index contributed by atoms with van der Waals surface area (Å²) in [5.41, 5.74) is 1.75. The Bertz CT molecular complexity index is 633. The van der Waals surface area contributed by atoms with E-state index in [2.05, 4.69) is 32.0 Å². The van der Waals surface area contributed by atoms with Gasteiger partial charge in [0.1, 0.15) is 5.82 Å². The molecule has 0 aromatic carbocycles. The lowest BCUT2D eigenvalue weighted by atomic mass is 9.74. The van der Waals surface area contributed by atoms with Crippen LogP contribution in [0.3, 0.4) is 0 Å². The molecule has 0 bridgehead atoms. The first-order valence-corrected chi connectivity index (χ1v) is 9.78. The maximum Gasteiger partial charge on any atom is 0.125 e. The first-order valence-electron chi connectivity index (χ1n) is 8.84. The van der Waals surface area contributed by atoms with Gasteiger partial charge in [-0.2, -0.15) is 11.3 Å². The van der Waals surface area contributed by atoms with Crippen LogP contribution in [0.15, 0.2) is 41.2 Å². The summed E-state index contributed by atoms with van der Waals surface area (Å²) in [5, 5.41) is 7.92. The highest BCUT2D eigenvalue weighted by Crippen LogP contribution is 2.43. The summed E-state index contributed by atoms with van der Waals surface area (Å²) in [7, 11) is 0. The van der Waals surface area contributed by atoms with Crippen LogP contribution in [-0.2, 0) is 11.3 Å². The normalized spacial score (nSPS) is 27.1. The Morgan fingerprint density at radius 1 is 1.38 bits per heavy atom. The molecule has 0 unspecified atom stereocenters. The third-order valence-electron chi connectivity index (χ3n) is 5.43. The number of aromatic nitrogens is 1. The monoisotopic (exact) mass is 343 g/mol. The van der Waals surface area contributed by atoms with E-state index in [1.165, 1.54) is 12.0 Å². The van der Waals surface area contributed by atoms with Gasteiger partial charge in [-0.1, -0.05) is 6.07 Å². The molecule has 1 N–H and O–H groups in total. The predicted octanol–water partition coefficient (Wildman–Crippen LogP) is 3.63. The Hall–Kier alpha value is -1.43. The van der Waals surface area contributed by atoms with Gasteiger partial charge in [-0.15, -0.1) is 0 Å². The van der Waals surface area contributed by atoms with Crippen LogP contribution in [0.2, 0.25) is 0 Å². The maximum atomic E-state index is 6.08. The van der Waals surface area contributed by atoms with Crippen molar-refractivity contribution in [3.63, 3.8) is 0 Å². The van der Waals surface area contributed by atoms with Crippen molar-refractivity contribution in [2.45, 2.75) is 31.9 Å². The Labute approximate surface area is 147 Å². The summed E-state index contributed by atoms with van der Waals surface area (Å²) in [6, 6.07) is 8.26. The van der Waals surface area contributed by atoms with Crippen molar-refractivity contribution >= 4 is 17.2 Å². The van der Waals surface area contributed by atoms with E-state index >= 15 is 0 Å². The van der Waals surface area contributed by atoms with E-state index in [1.807, 2.05) is 24.4 Å². The molecule has 2 atom stereocenters. The van der Waals surface area contributed by atoms with Gasteiger partial charge in [-0.3, -0.25) is 4.90 Å². The molecule has 128 valence electrons. The number of likely N-dealkylation sites (tertiary alicyclic amines) is 1. The topological polar surface area (TPSA) is 37.4 Å². The molecule has 2 aliphatic heterocycles. The summed E-state index contributed by atoms with van der Waals surface area (Å²) >= 11 is 1.79. The molecule has 0 spiro atoms. The highest BCUT2D eigenvalue weighted by Gasteiger charge is 2.47. The summed E-state index contributed by atoms with van der Waals surface area (Å²) in [4.78, 5) is 6.98. The number of nitrogens with zero attached hydrogens (tertiary/aromatic N) is 2. The standard InChI is InChI=1S/C19H25N3OS/c1-2-8-20-18(3-1)21-9-6-19-7-11-23-17(19)4-10-22(15-19)13-16-5-12-24-14-16/h1-3,5,8,12,14,17H,4,6-7,9-11,13,15H2,(H,20,21)/t17-,19+/m1/s1. The van der Waals surface area contributed by atoms with E-state index < -0.39 is 0 Å². The van der Waals surface area contributed by atoms with Crippen LogP contribution in [0.5, 0.6) is 0 Å². The molecule has 2 aromatic heterocycles. The zero-order valence-electron chi connectivity index (χ0n) is 14.0. The number of thiophene rings is 1. The van der Waals surface area contributed by atoms with Gasteiger partial charge < -0.3 is 10.1 Å². The molecule has 4 rings (SSSR count). The second-order valence-electron chi connectivity index (χ2n) is 6.99. The molecule has 0 saturated carbocycles. The maximum absolute atomic E-state index is 6.08. The van der Waals surface area contributed by atoms with E-state index in [1.54, 1.807) is 11.3 Å².